The molecule has 0 saturated carbocycles. The maximum atomic E-state index is 13.6. The molecule has 0 aromatic carbocycles. The van der Waals surface area contributed by atoms with Crippen LogP contribution in [0, 0.1) is 5.92 Å². The van der Waals surface area contributed by atoms with Crippen molar-refractivity contribution < 1.29 is 37.7 Å². The molecule has 0 aromatic heterocycles. The first-order valence-corrected chi connectivity index (χ1v) is 11.0. The molecule has 180 valence electrons. The van der Waals surface area contributed by atoms with Gasteiger partial charge in [-0.05, 0) is 13.2 Å². The van der Waals surface area contributed by atoms with Gasteiger partial charge >= 0.3 is 0 Å². The van der Waals surface area contributed by atoms with Crippen molar-refractivity contribution in [2.75, 3.05) is 72.3 Å². The van der Waals surface area contributed by atoms with Crippen LogP contribution in [0.5, 0.6) is 0 Å². The van der Waals surface area contributed by atoms with E-state index in [2.05, 4.69) is 17.9 Å². The maximum Gasteiger partial charge on any atom is 0.216 e. The average molecular weight is 458 g/mol. The fourth-order valence-electron chi connectivity index (χ4n) is 1.80. The van der Waals surface area contributed by atoms with Gasteiger partial charge in [0.15, 0.2) is 5.78 Å². The highest BCUT2D eigenvalue weighted by molar-refractivity contribution is 7.79. The monoisotopic (exact) mass is 457 g/mol. The van der Waals surface area contributed by atoms with Crippen LogP contribution in [0.3, 0.4) is 0 Å². The number of amides is 1. The Kier molecular flexibility index (Phi) is 24.0. The van der Waals surface area contributed by atoms with Crippen molar-refractivity contribution >= 4 is 24.3 Å². The summed E-state index contributed by atoms with van der Waals surface area (Å²) < 4.78 is 40.1. The second-order valence-corrected chi connectivity index (χ2v) is 6.54. The van der Waals surface area contributed by atoms with Crippen LogP contribution < -0.4 is 5.32 Å². The first kappa shape index (κ1) is 31.4. The summed E-state index contributed by atoms with van der Waals surface area (Å²) in [6, 6.07) is 0. The molecule has 10 heteroatoms. The highest BCUT2D eigenvalue weighted by atomic mass is 32.1. The zero-order chi connectivity index (χ0) is 23.2. The number of thiol groups is 1. The lowest BCUT2D eigenvalue weighted by Crippen LogP contribution is -2.35. The van der Waals surface area contributed by atoms with Gasteiger partial charge in [-0.1, -0.05) is 13.8 Å². The van der Waals surface area contributed by atoms with E-state index < -0.39 is 12.3 Å². The normalized spacial score (nSPS) is 12.8. The third kappa shape index (κ3) is 21.9. The number of alkyl halides is 1. The van der Waals surface area contributed by atoms with E-state index in [0.29, 0.717) is 46.2 Å². The van der Waals surface area contributed by atoms with Gasteiger partial charge in [-0.3, -0.25) is 9.59 Å². The minimum absolute atomic E-state index is 0.0119. The van der Waals surface area contributed by atoms with Gasteiger partial charge in [0, 0.05) is 12.8 Å². The van der Waals surface area contributed by atoms with Gasteiger partial charge in [0.2, 0.25) is 5.91 Å². The van der Waals surface area contributed by atoms with Crippen molar-refractivity contribution in [1.29, 1.82) is 0 Å². The Labute approximate surface area is 185 Å². The highest BCUT2D eigenvalue weighted by Crippen LogP contribution is 2.02. The van der Waals surface area contributed by atoms with Crippen molar-refractivity contribution in [1.82, 2.24) is 5.32 Å². The predicted octanol–water partition coefficient (Wildman–Crippen LogP) is 1.70. The summed E-state index contributed by atoms with van der Waals surface area (Å²) in [4.78, 5) is 22.0. The summed E-state index contributed by atoms with van der Waals surface area (Å²) in [5.74, 6) is -0.199. The molecule has 2 atom stereocenters. The van der Waals surface area contributed by atoms with Crippen LogP contribution in [0.2, 0.25) is 0 Å². The summed E-state index contributed by atoms with van der Waals surface area (Å²) >= 11 is 3.53. The molecule has 0 saturated heterocycles. The van der Waals surface area contributed by atoms with Crippen LogP contribution in [0.15, 0.2) is 0 Å². The van der Waals surface area contributed by atoms with Crippen LogP contribution in [0.25, 0.3) is 0 Å². The lowest BCUT2D eigenvalue weighted by Gasteiger charge is -2.17. The molecule has 0 aromatic rings. The molecule has 1 N–H and O–H groups in total. The number of carbonyl (C=O) groups is 2. The number of hydrogen-bond donors (Lipinski definition) is 2. The van der Waals surface area contributed by atoms with E-state index in [1.54, 1.807) is 13.2 Å². The van der Waals surface area contributed by atoms with Crippen molar-refractivity contribution in [2.45, 2.75) is 40.0 Å². The molecule has 0 spiro atoms. The van der Waals surface area contributed by atoms with Crippen LogP contribution in [0.1, 0.15) is 27.7 Å². The fraction of sp³-hybridized carbons (Fsp3) is 0.900. The fourth-order valence-corrected chi connectivity index (χ4v) is 1.80. The zero-order valence-electron chi connectivity index (χ0n) is 19.0. The summed E-state index contributed by atoms with van der Waals surface area (Å²) in [5.41, 5.74) is 0. The largest absolute Gasteiger partial charge is 0.377 e. The molecule has 0 aliphatic carbocycles. The third-order valence-corrected chi connectivity index (χ3v) is 3.67. The van der Waals surface area contributed by atoms with E-state index in [4.69, 9.17) is 23.7 Å². The molecule has 0 fully saturated rings. The van der Waals surface area contributed by atoms with Crippen LogP contribution in [-0.2, 0) is 33.3 Å². The van der Waals surface area contributed by atoms with Crippen molar-refractivity contribution in [3.63, 3.8) is 0 Å². The van der Waals surface area contributed by atoms with Gasteiger partial charge in [-0.2, -0.15) is 12.6 Å². The highest BCUT2D eigenvalue weighted by Gasteiger charge is 2.16. The first-order valence-electron chi connectivity index (χ1n) is 10.1. The number of Topliss-reactive ketones (excluding diaryl/α,β-unsaturated/α-hetero) is 1. The van der Waals surface area contributed by atoms with E-state index in [9.17, 15) is 14.0 Å². The van der Waals surface area contributed by atoms with Crippen molar-refractivity contribution in [3.05, 3.63) is 0 Å². The molecule has 0 aliphatic rings. The minimum Gasteiger partial charge on any atom is -0.377 e. The Morgan fingerprint density at radius 3 is 1.70 bits per heavy atom. The molecule has 0 rings (SSSR count). The number of ether oxygens (including phenoxy) is 5. The molecule has 0 heterocycles. The van der Waals surface area contributed by atoms with Gasteiger partial charge in [-0.15, -0.1) is 0 Å². The summed E-state index contributed by atoms with van der Waals surface area (Å²) in [7, 11) is 0. The molecular formula is C20H40FNO7S. The smallest absolute Gasteiger partial charge is 0.216 e. The van der Waals surface area contributed by atoms with Gasteiger partial charge in [0.25, 0.3) is 0 Å². The van der Waals surface area contributed by atoms with Crippen molar-refractivity contribution in [2.24, 2.45) is 5.92 Å². The third-order valence-electron chi connectivity index (χ3n) is 3.67. The second kappa shape index (κ2) is 22.9. The number of halogens is 1. The standard InChI is InChI=1S/C19H36FNO7.CH4S/c1-15(2)19(23)14-27-10-9-25-6-5-24-7-8-26-11-12-28-16(3)18(20)13-21-17(4)22;1-2/h15-16,18H,5-14H2,1-4H3,(H,21,22);2H,1H3. The SMILES string of the molecule is CC(=O)NCC(F)C(C)OCCOCCOCCOCCOCC(=O)C(C)C.CS. The lowest BCUT2D eigenvalue weighted by molar-refractivity contribution is -0.127. The molecule has 8 nitrogen and oxygen atoms in total. The van der Waals surface area contributed by atoms with Crippen LogP contribution in [0.4, 0.5) is 4.39 Å². The van der Waals surface area contributed by atoms with Gasteiger partial charge in [-0.25, -0.2) is 4.39 Å². The average Bonchev–Trinajstić information content (AvgIpc) is 2.73. The second-order valence-electron chi connectivity index (χ2n) is 6.54. The van der Waals surface area contributed by atoms with Gasteiger partial charge < -0.3 is 29.0 Å². The van der Waals surface area contributed by atoms with Gasteiger partial charge in [0.05, 0.1) is 65.5 Å². The first-order chi connectivity index (χ1) is 14.3. The quantitative estimate of drug-likeness (QED) is 0.225. The Morgan fingerprint density at radius 2 is 1.27 bits per heavy atom. The van der Waals surface area contributed by atoms with E-state index in [1.807, 2.05) is 13.8 Å². The topological polar surface area (TPSA) is 92.3 Å². The summed E-state index contributed by atoms with van der Waals surface area (Å²) in [6.45, 7) is 9.80. The Bertz CT molecular complexity index is 417. The van der Waals surface area contributed by atoms with E-state index in [1.165, 1.54) is 6.92 Å². The molecule has 2 unspecified atom stereocenters. The molecule has 30 heavy (non-hydrogen) atoms. The number of hydrogen-bond acceptors (Lipinski definition) is 8. The van der Waals surface area contributed by atoms with E-state index in [0.717, 1.165) is 0 Å². The lowest BCUT2D eigenvalue weighted by atomic mass is 10.1. The maximum absolute atomic E-state index is 13.6. The van der Waals surface area contributed by atoms with Gasteiger partial charge in [0.1, 0.15) is 12.8 Å². The van der Waals surface area contributed by atoms with Crippen molar-refractivity contribution in [3.8, 4) is 0 Å². The number of nitrogens with one attached hydrogen (secondary N) is 1. The predicted molar refractivity (Wildman–Crippen MR) is 117 cm³/mol. The van der Waals surface area contributed by atoms with E-state index >= 15 is 0 Å². The Hall–Kier alpha value is -0.780. The molecular weight excluding hydrogens is 417 g/mol. The number of rotatable bonds is 19. The van der Waals surface area contributed by atoms with Crippen LogP contribution >= 0.6 is 12.6 Å². The Morgan fingerprint density at radius 1 is 0.833 bits per heavy atom. The molecule has 0 radical (unpaired) electrons. The minimum atomic E-state index is -1.26. The number of carbonyl (C=O) groups excluding carboxylic acids is 2. The summed E-state index contributed by atoms with van der Waals surface area (Å²) in [6.07, 6.45) is -0.176. The molecule has 0 bridgehead atoms. The van der Waals surface area contributed by atoms with E-state index in [-0.39, 0.29) is 37.4 Å². The zero-order valence-corrected chi connectivity index (χ0v) is 19.9. The van der Waals surface area contributed by atoms with Crippen LogP contribution in [-0.4, -0.2) is 96.2 Å². The number of ketones is 1. The summed E-state index contributed by atoms with van der Waals surface area (Å²) in [5, 5.41) is 2.41. The molecule has 1 amide bonds. The molecule has 0 aliphatic heterocycles. The Balaban J connectivity index is 0.